The highest BCUT2D eigenvalue weighted by Gasteiger charge is 2.32. The highest BCUT2D eigenvalue weighted by atomic mass is 35.5. The predicted octanol–water partition coefficient (Wildman–Crippen LogP) is 2.01. The fourth-order valence-corrected chi connectivity index (χ4v) is 2.05. The third-order valence-electron chi connectivity index (χ3n) is 1.44. The van der Waals surface area contributed by atoms with Crippen LogP contribution >= 0.6 is 32.2 Å². The molecule has 0 aliphatic carbocycles. The second kappa shape index (κ2) is 4.08. The van der Waals surface area contributed by atoms with Crippen molar-refractivity contribution in [3.63, 3.8) is 0 Å². The van der Waals surface area contributed by atoms with Crippen LogP contribution in [0.2, 0.25) is 0 Å². The van der Waals surface area contributed by atoms with E-state index >= 15 is 0 Å². The van der Waals surface area contributed by atoms with Crippen molar-refractivity contribution < 1.29 is 9.05 Å². The second-order valence-corrected chi connectivity index (χ2v) is 3.71. The van der Waals surface area contributed by atoms with Crippen LogP contribution in [-0.2, 0) is 9.05 Å². The first-order chi connectivity index (χ1) is 4.83. The highest BCUT2D eigenvalue weighted by molar-refractivity contribution is 7.26. The van der Waals surface area contributed by atoms with Crippen LogP contribution < -0.4 is 0 Å². The van der Waals surface area contributed by atoms with Crippen LogP contribution in [0.3, 0.4) is 0 Å². The van der Waals surface area contributed by atoms with Crippen molar-refractivity contribution in [1.82, 2.24) is 0 Å². The normalized spacial score (nSPS) is 24.6. The molecule has 0 aromatic carbocycles. The Morgan fingerprint density at radius 3 is 2.00 bits per heavy atom. The molecule has 0 aromatic rings. The molecule has 2 nitrogen and oxygen atoms in total. The Balaban J connectivity index is 2.44. The lowest BCUT2D eigenvalue weighted by molar-refractivity contribution is 0.0766. The zero-order valence-electron chi connectivity index (χ0n) is 5.40. The van der Waals surface area contributed by atoms with Crippen molar-refractivity contribution in [3.8, 4) is 0 Å². The fourth-order valence-electron chi connectivity index (χ4n) is 0.638. The van der Waals surface area contributed by atoms with Crippen LogP contribution in [0.1, 0.15) is 0 Å². The van der Waals surface area contributed by atoms with Crippen molar-refractivity contribution in [2.75, 3.05) is 25.0 Å². The maximum absolute atomic E-state index is 5.70. The van der Waals surface area contributed by atoms with Crippen LogP contribution in [-0.4, -0.2) is 25.0 Å². The van der Waals surface area contributed by atoms with E-state index in [4.69, 9.17) is 32.2 Å². The number of rotatable bonds is 2. The van der Waals surface area contributed by atoms with E-state index in [1.165, 1.54) is 0 Å². The average Bonchev–Trinajstić information content (AvgIpc) is 2.06. The minimum atomic E-state index is -0.144. The fraction of sp³-hybridized carbons (Fsp3) is 1.00. The molecule has 1 rings (SSSR count). The maximum atomic E-state index is 5.70. The molecule has 0 saturated carbocycles. The molecule has 1 fully saturated rings. The van der Waals surface area contributed by atoms with Crippen LogP contribution in [0, 0.1) is 5.41 Å². The lowest BCUT2D eigenvalue weighted by Crippen LogP contribution is -2.36. The van der Waals surface area contributed by atoms with Gasteiger partial charge in [0.25, 0.3) is 0 Å². The Morgan fingerprint density at radius 1 is 1.20 bits per heavy atom. The molecule has 0 unspecified atom stereocenters. The van der Waals surface area contributed by atoms with Crippen molar-refractivity contribution in [2.45, 2.75) is 0 Å². The first-order valence-electron chi connectivity index (χ1n) is 2.93. The molecule has 0 N–H and O–H groups in total. The molecule has 1 saturated heterocycles. The van der Waals surface area contributed by atoms with Crippen molar-refractivity contribution >= 4 is 32.2 Å². The van der Waals surface area contributed by atoms with Gasteiger partial charge in [0, 0.05) is 17.2 Å². The third-order valence-corrected chi connectivity index (χ3v) is 3.10. The summed E-state index contributed by atoms with van der Waals surface area (Å²) in [4.78, 5) is 0. The summed E-state index contributed by atoms with van der Waals surface area (Å²) >= 11 is 11.4. The lowest BCUT2D eigenvalue weighted by atomic mass is 9.96. The topological polar surface area (TPSA) is 18.5 Å². The second-order valence-electron chi connectivity index (χ2n) is 2.43. The molecule has 0 atom stereocenters. The van der Waals surface area contributed by atoms with Gasteiger partial charge in [0.15, 0.2) is 9.03 Å². The van der Waals surface area contributed by atoms with Crippen molar-refractivity contribution in [1.29, 1.82) is 0 Å². The van der Waals surface area contributed by atoms with Gasteiger partial charge >= 0.3 is 0 Å². The summed E-state index contributed by atoms with van der Waals surface area (Å²) in [7, 11) is 0.157. The van der Waals surface area contributed by atoms with Gasteiger partial charge in [-0.15, -0.1) is 23.2 Å². The zero-order chi connectivity index (χ0) is 7.45. The minimum Gasteiger partial charge on any atom is -0.336 e. The number of halogens is 2. The molecule has 1 heterocycles. The Labute approximate surface area is 72.1 Å². The number of hydrogen-bond donors (Lipinski definition) is 0. The highest BCUT2D eigenvalue weighted by Crippen LogP contribution is 2.33. The molecule has 10 heavy (non-hydrogen) atoms. The van der Waals surface area contributed by atoms with E-state index in [-0.39, 0.29) is 14.4 Å². The molecule has 5 heteroatoms. The average molecular weight is 203 g/mol. The summed E-state index contributed by atoms with van der Waals surface area (Å²) in [5.41, 5.74) is -0.144. The van der Waals surface area contributed by atoms with Crippen molar-refractivity contribution in [2.24, 2.45) is 5.41 Å². The standard InChI is InChI=1S/C5H9Cl2O2P/c6-1-5(2-7)3-8-10-9-4-5/h10H,1-4H2. The lowest BCUT2D eigenvalue weighted by Gasteiger charge is -2.32. The van der Waals surface area contributed by atoms with Crippen LogP contribution in [0.25, 0.3) is 0 Å². The Kier molecular flexibility index (Phi) is 3.68. The Morgan fingerprint density at radius 2 is 1.70 bits per heavy atom. The van der Waals surface area contributed by atoms with Gasteiger partial charge in [-0.05, 0) is 0 Å². The first-order valence-corrected chi connectivity index (χ1v) is 4.82. The molecule has 0 spiro atoms. The van der Waals surface area contributed by atoms with Gasteiger partial charge in [0.1, 0.15) is 0 Å². The monoisotopic (exact) mass is 202 g/mol. The minimum absolute atomic E-state index is 0.144. The van der Waals surface area contributed by atoms with E-state index in [0.717, 1.165) is 0 Å². The zero-order valence-corrected chi connectivity index (χ0v) is 7.91. The van der Waals surface area contributed by atoms with E-state index < -0.39 is 0 Å². The van der Waals surface area contributed by atoms with Crippen molar-refractivity contribution in [3.05, 3.63) is 0 Å². The van der Waals surface area contributed by atoms with Gasteiger partial charge in [-0.3, -0.25) is 0 Å². The summed E-state index contributed by atoms with van der Waals surface area (Å²) in [6.07, 6.45) is 0. The predicted molar refractivity (Wildman–Crippen MR) is 44.1 cm³/mol. The first kappa shape index (κ1) is 9.02. The third kappa shape index (κ3) is 1.96. The number of hydrogen-bond acceptors (Lipinski definition) is 2. The van der Waals surface area contributed by atoms with E-state index in [2.05, 4.69) is 0 Å². The summed E-state index contributed by atoms with van der Waals surface area (Å²) in [6, 6.07) is 0. The quantitative estimate of drug-likeness (QED) is 0.504. The summed E-state index contributed by atoms with van der Waals surface area (Å²) < 4.78 is 10.2. The van der Waals surface area contributed by atoms with Gasteiger partial charge in [0.2, 0.25) is 0 Å². The molecule has 0 bridgehead atoms. The SMILES string of the molecule is ClCC1(CCl)COPOC1. The van der Waals surface area contributed by atoms with Gasteiger partial charge in [0.05, 0.1) is 13.2 Å². The van der Waals surface area contributed by atoms with Crippen LogP contribution in [0.15, 0.2) is 0 Å². The largest absolute Gasteiger partial charge is 0.336 e. The summed E-state index contributed by atoms with van der Waals surface area (Å²) in [5.74, 6) is 1.00. The van der Waals surface area contributed by atoms with Gasteiger partial charge in [-0.1, -0.05) is 0 Å². The molecule has 0 amide bonds. The molecule has 0 radical (unpaired) electrons. The van der Waals surface area contributed by atoms with Crippen LogP contribution in [0.5, 0.6) is 0 Å². The summed E-state index contributed by atoms with van der Waals surface area (Å²) in [6.45, 7) is 1.25. The van der Waals surface area contributed by atoms with Crippen LogP contribution in [0.4, 0.5) is 0 Å². The molecule has 0 aromatic heterocycles. The Hall–Kier alpha value is 0.930. The molecule has 60 valence electrons. The molecular weight excluding hydrogens is 194 g/mol. The Bertz CT molecular complexity index is 99.8. The van der Waals surface area contributed by atoms with Gasteiger partial charge in [-0.2, -0.15) is 0 Å². The van der Waals surface area contributed by atoms with E-state index in [1.807, 2.05) is 0 Å². The number of alkyl halides is 2. The van der Waals surface area contributed by atoms with E-state index in [1.54, 1.807) is 0 Å². The molecule has 1 aliphatic rings. The summed E-state index contributed by atoms with van der Waals surface area (Å²) in [5, 5.41) is 0. The van der Waals surface area contributed by atoms with E-state index in [9.17, 15) is 0 Å². The molecular formula is C5H9Cl2O2P. The maximum Gasteiger partial charge on any atom is 0.155 e. The molecule has 1 aliphatic heterocycles. The van der Waals surface area contributed by atoms with Gasteiger partial charge < -0.3 is 9.05 Å². The van der Waals surface area contributed by atoms with Gasteiger partial charge in [-0.25, -0.2) is 0 Å². The van der Waals surface area contributed by atoms with E-state index in [0.29, 0.717) is 25.0 Å². The smallest absolute Gasteiger partial charge is 0.155 e.